The average molecular weight is 251 g/mol. The van der Waals surface area contributed by atoms with Crippen LogP contribution in [0.3, 0.4) is 0 Å². The molecule has 2 aromatic carbocycles. The second kappa shape index (κ2) is 4.61. The fourth-order valence-corrected chi connectivity index (χ4v) is 2.30. The molecule has 1 amide bonds. The molecule has 94 valence electrons. The molecule has 0 aliphatic carbocycles. The van der Waals surface area contributed by atoms with Crippen LogP contribution in [0.25, 0.3) is 11.3 Å². The third kappa shape index (κ3) is 1.89. The van der Waals surface area contributed by atoms with Gasteiger partial charge in [-0.05, 0) is 6.07 Å². The van der Waals surface area contributed by atoms with E-state index in [4.69, 9.17) is 4.74 Å². The van der Waals surface area contributed by atoms with Gasteiger partial charge < -0.3 is 10.1 Å². The van der Waals surface area contributed by atoms with E-state index < -0.39 is 0 Å². The van der Waals surface area contributed by atoms with E-state index in [1.165, 1.54) is 0 Å². The summed E-state index contributed by atoms with van der Waals surface area (Å²) in [5.74, 6) is 0.477. The van der Waals surface area contributed by atoms with Gasteiger partial charge in [0.05, 0.1) is 12.7 Å². The van der Waals surface area contributed by atoms with Crippen LogP contribution in [0.15, 0.2) is 54.6 Å². The molecule has 3 nitrogen and oxygen atoms in total. The van der Waals surface area contributed by atoms with Crippen molar-refractivity contribution in [1.29, 1.82) is 0 Å². The highest BCUT2D eigenvalue weighted by molar-refractivity contribution is 6.36. The highest BCUT2D eigenvalue weighted by atomic mass is 16.5. The first-order valence-corrected chi connectivity index (χ1v) is 6.05. The molecule has 1 aliphatic heterocycles. The molecule has 0 saturated heterocycles. The van der Waals surface area contributed by atoms with Crippen molar-refractivity contribution in [3.63, 3.8) is 0 Å². The second-order valence-electron chi connectivity index (χ2n) is 4.27. The summed E-state index contributed by atoms with van der Waals surface area (Å²) < 4.78 is 5.47. The van der Waals surface area contributed by atoms with E-state index in [9.17, 15) is 4.79 Å². The van der Waals surface area contributed by atoms with E-state index in [0.717, 1.165) is 16.8 Å². The van der Waals surface area contributed by atoms with Gasteiger partial charge in [-0.3, -0.25) is 4.79 Å². The molecule has 19 heavy (non-hydrogen) atoms. The minimum atomic E-state index is -0.123. The van der Waals surface area contributed by atoms with Gasteiger partial charge >= 0.3 is 0 Å². The first kappa shape index (κ1) is 11.5. The summed E-state index contributed by atoms with van der Waals surface area (Å²) in [6, 6.07) is 17.3. The zero-order valence-corrected chi connectivity index (χ0v) is 10.5. The van der Waals surface area contributed by atoms with Crippen molar-refractivity contribution >= 4 is 22.9 Å². The highest BCUT2D eigenvalue weighted by Crippen LogP contribution is 2.36. The van der Waals surface area contributed by atoms with Crippen molar-refractivity contribution in [3.05, 3.63) is 65.7 Å². The van der Waals surface area contributed by atoms with Crippen molar-refractivity contribution in [1.82, 2.24) is 0 Å². The maximum atomic E-state index is 12.2. The Morgan fingerprint density at radius 2 is 1.68 bits per heavy atom. The number of fused-ring (bicyclic) bond motifs is 1. The average Bonchev–Trinajstić information content (AvgIpc) is 2.78. The molecule has 1 aliphatic rings. The molecule has 0 bridgehead atoms. The van der Waals surface area contributed by atoms with Crippen LogP contribution >= 0.6 is 0 Å². The molecule has 1 N–H and O–H groups in total. The zero-order valence-electron chi connectivity index (χ0n) is 10.5. The summed E-state index contributed by atoms with van der Waals surface area (Å²) in [6.07, 6.45) is 0. The molecular weight excluding hydrogens is 238 g/mol. The lowest BCUT2D eigenvalue weighted by atomic mass is 10.0. The van der Waals surface area contributed by atoms with Crippen molar-refractivity contribution in [2.24, 2.45) is 0 Å². The topological polar surface area (TPSA) is 38.3 Å². The van der Waals surface area contributed by atoms with Crippen molar-refractivity contribution in [2.75, 3.05) is 12.4 Å². The quantitative estimate of drug-likeness (QED) is 0.657. The Kier molecular flexibility index (Phi) is 2.80. The predicted octanol–water partition coefficient (Wildman–Crippen LogP) is 3.15. The Hall–Kier alpha value is -2.55. The highest BCUT2D eigenvalue weighted by Gasteiger charge is 2.28. The van der Waals surface area contributed by atoms with Gasteiger partial charge in [0.1, 0.15) is 5.76 Å². The van der Waals surface area contributed by atoms with Gasteiger partial charge in [0.15, 0.2) is 0 Å². The lowest BCUT2D eigenvalue weighted by molar-refractivity contribution is -0.110. The number of anilines is 1. The number of amides is 1. The number of nitrogens with one attached hydrogen (secondary N) is 1. The Balaban J connectivity index is 2.23. The minimum absolute atomic E-state index is 0.123. The zero-order chi connectivity index (χ0) is 13.2. The molecule has 0 spiro atoms. The van der Waals surface area contributed by atoms with E-state index in [0.29, 0.717) is 11.3 Å². The number of carbonyl (C=O) groups is 1. The number of rotatable bonds is 2. The Bertz CT molecular complexity index is 659. The van der Waals surface area contributed by atoms with Gasteiger partial charge in [-0.15, -0.1) is 0 Å². The van der Waals surface area contributed by atoms with Crippen LogP contribution < -0.4 is 5.32 Å². The molecule has 2 aromatic rings. The summed E-state index contributed by atoms with van der Waals surface area (Å²) in [6.45, 7) is 0. The maximum absolute atomic E-state index is 12.2. The van der Waals surface area contributed by atoms with Crippen LogP contribution in [0.5, 0.6) is 0 Å². The molecular formula is C16H13NO2. The Morgan fingerprint density at radius 3 is 2.42 bits per heavy atom. The lowest BCUT2D eigenvalue weighted by Crippen LogP contribution is -2.06. The fraction of sp³-hybridized carbons (Fsp3) is 0.0625. The summed E-state index contributed by atoms with van der Waals surface area (Å²) in [4.78, 5) is 12.2. The summed E-state index contributed by atoms with van der Waals surface area (Å²) in [7, 11) is 1.59. The SMILES string of the molecule is CO/C(=C1/C(=O)Nc2ccccc21)c1ccccc1. The Labute approximate surface area is 111 Å². The number of hydrogen-bond acceptors (Lipinski definition) is 2. The number of benzene rings is 2. The van der Waals surface area contributed by atoms with Crippen LogP contribution in [0.1, 0.15) is 11.1 Å². The fourth-order valence-electron chi connectivity index (χ4n) is 2.30. The van der Waals surface area contributed by atoms with Crippen molar-refractivity contribution < 1.29 is 9.53 Å². The maximum Gasteiger partial charge on any atom is 0.260 e. The first-order chi connectivity index (χ1) is 9.31. The third-order valence-corrected chi connectivity index (χ3v) is 3.14. The molecule has 0 saturated carbocycles. The monoisotopic (exact) mass is 251 g/mol. The number of methoxy groups -OCH3 is 1. The molecule has 0 atom stereocenters. The van der Waals surface area contributed by atoms with Gasteiger partial charge in [-0.25, -0.2) is 0 Å². The smallest absolute Gasteiger partial charge is 0.260 e. The van der Waals surface area contributed by atoms with Crippen LogP contribution in [0.4, 0.5) is 5.69 Å². The first-order valence-electron chi connectivity index (χ1n) is 6.05. The van der Waals surface area contributed by atoms with Gasteiger partial charge in [0, 0.05) is 16.8 Å². The van der Waals surface area contributed by atoms with Crippen LogP contribution in [-0.2, 0) is 9.53 Å². The molecule has 3 rings (SSSR count). The van der Waals surface area contributed by atoms with Gasteiger partial charge in [0.2, 0.25) is 0 Å². The molecule has 0 radical (unpaired) electrons. The van der Waals surface area contributed by atoms with E-state index in [1.807, 2.05) is 54.6 Å². The van der Waals surface area contributed by atoms with Crippen LogP contribution in [0, 0.1) is 0 Å². The largest absolute Gasteiger partial charge is 0.495 e. The molecule has 0 unspecified atom stereocenters. The number of hydrogen-bond donors (Lipinski definition) is 1. The number of carbonyl (C=O) groups excluding carboxylic acids is 1. The summed E-state index contributed by atoms with van der Waals surface area (Å²) in [5.41, 5.74) is 3.19. The molecule has 0 aromatic heterocycles. The minimum Gasteiger partial charge on any atom is -0.495 e. The number of ether oxygens (including phenoxy) is 1. The lowest BCUT2D eigenvalue weighted by Gasteiger charge is -2.09. The van der Waals surface area contributed by atoms with Crippen LogP contribution in [-0.4, -0.2) is 13.0 Å². The Morgan fingerprint density at radius 1 is 1.00 bits per heavy atom. The molecule has 0 fully saturated rings. The van der Waals surface area contributed by atoms with Crippen molar-refractivity contribution in [3.8, 4) is 0 Å². The molecule has 3 heteroatoms. The normalized spacial score (nSPS) is 15.7. The number of para-hydroxylation sites is 1. The van der Waals surface area contributed by atoms with Crippen LogP contribution in [0.2, 0.25) is 0 Å². The third-order valence-electron chi connectivity index (χ3n) is 3.14. The van der Waals surface area contributed by atoms with E-state index in [2.05, 4.69) is 5.32 Å². The summed E-state index contributed by atoms with van der Waals surface area (Å²) >= 11 is 0. The van der Waals surface area contributed by atoms with Crippen molar-refractivity contribution in [2.45, 2.75) is 0 Å². The van der Waals surface area contributed by atoms with E-state index in [-0.39, 0.29) is 5.91 Å². The second-order valence-corrected chi connectivity index (χ2v) is 4.27. The standard InChI is InChI=1S/C16H13NO2/c1-19-15(11-7-3-2-4-8-11)14-12-9-5-6-10-13(12)17-16(14)18/h2-10H,1H3,(H,17,18)/b15-14+. The van der Waals surface area contributed by atoms with E-state index in [1.54, 1.807) is 7.11 Å². The van der Waals surface area contributed by atoms with Gasteiger partial charge in [0.25, 0.3) is 5.91 Å². The molecule has 1 heterocycles. The predicted molar refractivity (Wildman–Crippen MR) is 75.3 cm³/mol. The van der Waals surface area contributed by atoms with Gasteiger partial charge in [-0.2, -0.15) is 0 Å². The summed E-state index contributed by atoms with van der Waals surface area (Å²) in [5, 5.41) is 2.86. The van der Waals surface area contributed by atoms with E-state index >= 15 is 0 Å². The van der Waals surface area contributed by atoms with Gasteiger partial charge in [-0.1, -0.05) is 48.5 Å².